The number of nitrogens with zero attached hydrogens (tertiary/aromatic N) is 2. The van der Waals surface area contributed by atoms with Crippen molar-refractivity contribution in [2.45, 2.75) is 25.3 Å². The highest BCUT2D eigenvalue weighted by Gasteiger charge is 2.48. The number of carboxylic acid groups (broad SMARTS) is 1. The quantitative estimate of drug-likeness (QED) is 0.902. The first kappa shape index (κ1) is 13.4. The van der Waals surface area contributed by atoms with Gasteiger partial charge in [0.05, 0.1) is 11.3 Å². The van der Waals surface area contributed by atoms with Crippen molar-refractivity contribution < 1.29 is 9.90 Å². The molecule has 1 aromatic rings. The summed E-state index contributed by atoms with van der Waals surface area (Å²) in [6, 6.07) is 7.20. The average Bonchev–Trinajstić information content (AvgIpc) is 2.97. The third-order valence-electron chi connectivity index (χ3n) is 4.56. The zero-order chi connectivity index (χ0) is 14.3. The Kier molecular flexibility index (Phi) is 3.43. The van der Waals surface area contributed by atoms with Crippen LogP contribution in [-0.2, 0) is 4.79 Å². The maximum absolute atomic E-state index is 11.7. The predicted molar refractivity (Wildman–Crippen MR) is 78.5 cm³/mol. The first-order valence-corrected chi connectivity index (χ1v) is 7.61. The smallest absolute Gasteiger partial charge is 0.326 e. The van der Waals surface area contributed by atoms with Crippen molar-refractivity contribution in [1.82, 2.24) is 0 Å². The van der Waals surface area contributed by atoms with E-state index in [1.165, 1.54) is 0 Å². The molecule has 5 heteroatoms. The van der Waals surface area contributed by atoms with Gasteiger partial charge in [0.15, 0.2) is 0 Å². The summed E-state index contributed by atoms with van der Waals surface area (Å²) < 4.78 is 0.721. The molecular formula is C15H15BrN2O2. The Bertz CT molecular complexity index is 596. The summed E-state index contributed by atoms with van der Waals surface area (Å²) in [5.41, 5.74) is 1.27. The lowest BCUT2D eigenvalue weighted by Gasteiger charge is -2.27. The number of aliphatic carboxylic acids is 1. The fourth-order valence-corrected chi connectivity index (χ4v) is 4.18. The molecule has 1 saturated carbocycles. The van der Waals surface area contributed by atoms with Crippen LogP contribution in [-0.4, -0.2) is 23.7 Å². The van der Waals surface area contributed by atoms with Gasteiger partial charge in [-0.1, -0.05) is 12.5 Å². The van der Waals surface area contributed by atoms with Gasteiger partial charge in [-0.15, -0.1) is 0 Å². The Morgan fingerprint density at radius 3 is 2.95 bits per heavy atom. The lowest BCUT2D eigenvalue weighted by atomic mass is 9.94. The van der Waals surface area contributed by atoms with Crippen molar-refractivity contribution in [3.63, 3.8) is 0 Å². The Morgan fingerprint density at radius 1 is 1.45 bits per heavy atom. The summed E-state index contributed by atoms with van der Waals surface area (Å²) in [5, 5.41) is 18.9. The van der Waals surface area contributed by atoms with Crippen molar-refractivity contribution in [3.05, 3.63) is 28.2 Å². The molecule has 3 atom stereocenters. The monoisotopic (exact) mass is 334 g/mol. The van der Waals surface area contributed by atoms with Crippen molar-refractivity contribution in [3.8, 4) is 6.07 Å². The number of anilines is 1. The van der Waals surface area contributed by atoms with Gasteiger partial charge in [0.1, 0.15) is 12.1 Å². The van der Waals surface area contributed by atoms with Crippen LogP contribution in [0.4, 0.5) is 5.69 Å². The van der Waals surface area contributed by atoms with Gasteiger partial charge in [-0.05, 0) is 52.7 Å². The molecule has 1 aromatic carbocycles. The standard InChI is InChI=1S/C15H15BrN2O2/c16-12-5-2-6-13(11(12)7-17)18-8-9-3-1-4-10(9)14(18)15(19)20/h2,5-6,9-10,14H,1,3-4,8H2,(H,19,20). The van der Waals surface area contributed by atoms with Gasteiger partial charge in [0.2, 0.25) is 0 Å². The molecule has 3 unspecified atom stereocenters. The average molecular weight is 335 g/mol. The zero-order valence-electron chi connectivity index (χ0n) is 10.9. The van der Waals surface area contributed by atoms with Gasteiger partial charge in [-0.25, -0.2) is 4.79 Å². The van der Waals surface area contributed by atoms with Crippen molar-refractivity contribution in [2.24, 2.45) is 11.8 Å². The van der Waals surface area contributed by atoms with E-state index in [-0.39, 0.29) is 5.92 Å². The zero-order valence-corrected chi connectivity index (χ0v) is 12.5. The lowest BCUT2D eigenvalue weighted by Crippen LogP contribution is -2.40. The molecule has 1 saturated heterocycles. The summed E-state index contributed by atoms with van der Waals surface area (Å²) in [6.45, 7) is 0.743. The minimum absolute atomic E-state index is 0.220. The number of rotatable bonds is 2. The molecule has 104 valence electrons. The van der Waals surface area contributed by atoms with Gasteiger partial charge in [0, 0.05) is 11.0 Å². The number of benzene rings is 1. The Labute approximate surface area is 126 Å². The number of halogens is 1. The second kappa shape index (κ2) is 5.10. The van der Waals surface area contributed by atoms with Crippen LogP contribution in [0.5, 0.6) is 0 Å². The van der Waals surface area contributed by atoms with Crippen molar-refractivity contribution in [1.29, 1.82) is 5.26 Å². The summed E-state index contributed by atoms with van der Waals surface area (Å²) in [6.07, 6.45) is 3.20. The second-order valence-electron chi connectivity index (χ2n) is 5.54. The van der Waals surface area contributed by atoms with Gasteiger partial charge < -0.3 is 10.0 Å². The summed E-state index contributed by atoms with van der Waals surface area (Å²) in [5.74, 6) is -0.108. The molecule has 2 aliphatic rings. The number of nitriles is 1. The third kappa shape index (κ3) is 1.99. The first-order valence-electron chi connectivity index (χ1n) is 6.81. The van der Waals surface area contributed by atoms with E-state index in [2.05, 4.69) is 22.0 Å². The fourth-order valence-electron chi connectivity index (χ4n) is 3.73. The topological polar surface area (TPSA) is 64.3 Å². The fraction of sp³-hybridized carbons (Fsp3) is 0.467. The van der Waals surface area contributed by atoms with E-state index in [9.17, 15) is 15.2 Å². The molecule has 3 rings (SSSR count). The first-order chi connectivity index (χ1) is 9.63. The maximum atomic E-state index is 11.7. The molecule has 2 fully saturated rings. The van der Waals surface area contributed by atoms with Gasteiger partial charge in [-0.3, -0.25) is 0 Å². The number of carboxylic acids is 1. The van der Waals surface area contributed by atoms with Crippen LogP contribution < -0.4 is 4.90 Å². The summed E-state index contributed by atoms with van der Waals surface area (Å²) in [7, 11) is 0. The normalized spacial score (nSPS) is 28.2. The molecule has 0 radical (unpaired) electrons. The second-order valence-corrected chi connectivity index (χ2v) is 6.39. The highest BCUT2D eigenvalue weighted by atomic mass is 79.9. The van der Waals surface area contributed by atoms with Gasteiger partial charge >= 0.3 is 5.97 Å². The highest BCUT2D eigenvalue weighted by Crippen LogP contribution is 2.45. The molecule has 0 amide bonds. The van der Waals surface area contributed by atoms with Crippen molar-refractivity contribution >= 4 is 27.6 Å². The van der Waals surface area contributed by atoms with E-state index >= 15 is 0 Å². The van der Waals surface area contributed by atoms with Gasteiger partial charge in [0.25, 0.3) is 0 Å². The maximum Gasteiger partial charge on any atom is 0.326 e. The number of hydrogen-bond donors (Lipinski definition) is 1. The van der Waals surface area contributed by atoms with Crippen LogP contribution in [0.15, 0.2) is 22.7 Å². The van der Waals surface area contributed by atoms with E-state index in [1.807, 2.05) is 23.1 Å². The number of fused-ring (bicyclic) bond motifs is 1. The minimum Gasteiger partial charge on any atom is -0.480 e. The van der Waals surface area contributed by atoms with Crippen LogP contribution in [0.1, 0.15) is 24.8 Å². The summed E-state index contributed by atoms with van der Waals surface area (Å²) >= 11 is 3.38. The largest absolute Gasteiger partial charge is 0.480 e. The van der Waals surface area contributed by atoms with Crippen LogP contribution in [0, 0.1) is 23.2 Å². The molecule has 1 aliphatic heterocycles. The van der Waals surface area contributed by atoms with Crippen LogP contribution in [0.25, 0.3) is 0 Å². The Hall–Kier alpha value is -1.54. The molecular weight excluding hydrogens is 320 g/mol. The molecule has 4 nitrogen and oxygen atoms in total. The molecule has 1 N–H and O–H groups in total. The van der Waals surface area contributed by atoms with E-state index in [0.29, 0.717) is 11.5 Å². The molecule has 20 heavy (non-hydrogen) atoms. The number of hydrogen-bond acceptors (Lipinski definition) is 3. The Balaban J connectivity index is 2.04. The molecule has 0 bridgehead atoms. The highest BCUT2D eigenvalue weighted by molar-refractivity contribution is 9.10. The summed E-state index contributed by atoms with van der Waals surface area (Å²) in [4.78, 5) is 13.6. The lowest BCUT2D eigenvalue weighted by molar-refractivity contribution is -0.139. The third-order valence-corrected chi connectivity index (χ3v) is 5.22. The van der Waals surface area contributed by atoms with E-state index < -0.39 is 12.0 Å². The van der Waals surface area contributed by atoms with Gasteiger partial charge in [-0.2, -0.15) is 5.26 Å². The van der Waals surface area contributed by atoms with Crippen molar-refractivity contribution in [2.75, 3.05) is 11.4 Å². The van der Waals surface area contributed by atoms with Crippen LogP contribution in [0.3, 0.4) is 0 Å². The van der Waals surface area contributed by atoms with E-state index in [0.717, 1.165) is 36.0 Å². The molecule has 0 spiro atoms. The molecule has 0 aromatic heterocycles. The van der Waals surface area contributed by atoms with E-state index in [4.69, 9.17) is 0 Å². The SMILES string of the molecule is N#Cc1c(Br)cccc1N1CC2CCCC2C1C(=O)O. The van der Waals surface area contributed by atoms with Crippen LogP contribution >= 0.6 is 15.9 Å². The molecule has 1 heterocycles. The Morgan fingerprint density at radius 2 is 2.25 bits per heavy atom. The van der Waals surface area contributed by atoms with E-state index in [1.54, 1.807) is 0 Å². The minimum atomic E-state index is -0.775. The molecule has 1 aliphatic carbocycles. The number of carbonyl (C=O) groups is 1. The predicted octanol–water partition coefficient (Wildman–Crippen LogP) is 3.01. The van der Waals surface area contributed by atoms with Crippen LogP contribution in [0.2, 0.25) is 0 Å².